The van der Waals surface area contributed by atoms with Crippen LogP contribution in [0, 0.1) is 0 Å². The fourth-order valence-electron chi connectivity index (χ4n) is 1.92. The van der Waals surface area contributed by atoms with Gasteiger partial charge in [0.1, 0.15) is 6.33 Å². The fraction of sp³-hybridized carbons (Fsp3) is 0.583. The van der Waals surface area contributed by atoms with Gasteiger partial charge in [0.15, 0.2) is 5.82 Å². The van der Waals surface area contributed by atoms with Crippen molar-refractivity contribution in [2.75, 3.05) is 0 Å². The molecule has 6 nitrogen and oxygen atoms in total. The zero-order valence-corrected chi connectivity index (χ0v) is 12.2. The maximum Gasteiger partial charge on any atom is 0.166 e. The van der Waals surface area contributed by atoms with Gasteiger partial charge in [0.25, 0.3) is 0 Å². The molecule has 0 amide bonds. The fourth-order valence-corrected chi connectivity index (χ4v) is 2.24. The number of aryl methyl sites for hydroxylation is 2. The summed E-state index contributed by atoms with van der Waals surface area (Å²) in [4.78, 5) is 4.18. The molecule has 0 fully saturated rings. The third-order valence-corrected chi connectivity index (χ3v) is 3.40. The van der Waals surface area contributed by atoms with Crippen LogP contribution in [0.15, 0.2) is 6.33 Å². The Labute approximate surface area is 117 Å². The van der Waals surface area contributed by atoms with Crippen molar-refractivity contribution in [3.05, 3.63) is 28.6 Å². The summed E-state index contributed by atoms with van der Waals surface area (Å²) in [7, 11) is 0. The molecule has 2 heterocycles. The quantitative estimate of drug-likeness (QED) is 0.907. The van der Waals surface area contributed by atoms with Crippen molar-refractivity contribution in [3.63, 3.8) is 0 Å². The van der Waals surface area contributed by atoms with Crippen molar-refractivity contribution in [2.24, 2.45) is 5.73 Å². The van der Waals surface area contributed by atoms with E-state index in [-0.39, 0.29) is 6.04 Å². The van der Waals surface area contributed by atoms with Crippen LogP contribution in [0.5, 0.6) is 0 Å². The molecule has 2 rings (SSSR count). The van der Waals surface area contributed by atoms with Gasteiger partial charge >= 0.3 is 0 Å². The second kappa shape index (κ2) is 5.71. The Kier molecular flexibility index (Phi) is 4.21. The Morgan fingerprint density at radius 3 is 2.63 bits per heavy atom. The molecule has 1 unspecified atom stereocenters. The van der Waals surface area contributed by atoms with E-state index in [4.69, 9.17) is 17.3 Å². The number of hydrogen-bond acceptors (Lipinski definition) is 4. The second-order valence-electron chi connectivity index (χ2n) is 4.47. The van der Waals surface area contributed by atoms with Crippen LogP contribution < -0.4 is 5.73 Å². The van der Waals surface area contributed by atoms with Gasteiger partial charge in [-0.25, -0.2) is 9.67 Å². The maximum atomic E-state index is 6.36. The summed E-state index contributed by atoms with van der Waals surface area (Å²) in [6.45, 7) is 7.28. The molecule has 2 aromatic heterocycles. The van der Waals surface area contributed by atoms with Crippen molar-refractivity contribution >= 4 is 11.6 Å². The molecule has 19 heavy (non-hydrogen) atoms. The van der Waals surface area contributed by atoms with Crippen molar-refractivity contribution in [1.29, 1.82) is 0 Å². The molecule has 0 aliphatic rings. The minimum absolute atomic E-state index is 0.168. The lowest BCUT2D eigenvalue weighted by Gasteiger charge is -2.05. The Balaban J connectivity index is 2.29. The summed E-state index contributed by atoms with van der Waals surface area (Å²) >= 11 is 6.36. The van der Waals surface area contributed by atoms with Crippen LogP contribution >= 0.6 is 11.6 Å². The highest BCUT2D eigenvalue weighted by Crippen LogP contribution is 2.22. The van der Waals surface area contributed by atoms with Crippen LogP contribution in [0.25, 0.3) is 0 Å². The minimum Gasteiger partial charge on any atom is -0.321 e. The van der Waals surface area contributed by atoms with Gasteiger partial charge in [-0.05, 0) is 20.3 Å². The highest BCUT2D eigenvalue weighted by atomic mass is 35.5. The molecule has 0 saturated carbocycles. The van der Waals surface area contributed by atoms with Crippen LogP contribution in [-0.4, -0.2) is 24.5 Å². The van der Waals surface area contributed by atoms with Crippen LogP contribution in [0.4, 0.5) is 0 Å². The van der Waals surface area contributed by atoms with Crippen LogP contribution in [0.3, 0.4) is 0 Å². The first-order valence-corrected chi connectivity index (χ1v) is 6.83. The molecule has 1 atom stereocenters. The maximum absolute atomic E-state index is 6.36. The van der Waals surface area contributed by atoms with Crippen LogP contribution in [0.2, 0.25) is 5.02 Å². The zero-order chi connectivity index (χ0) is 14.0. The van der Waals surface area contributed by atoms with Gasteiger partial charge in [0, 0.05) is 6.54 Å². The van der Waals surface area contributed by atoms with E-state index in [1.807, 2.05) is 25.5 Å². The molecule has 7 heteroatoms. The van der Waals surface area contributed by atoms with Gasteiger partial charge in [0.2, 0.25) is 0 Å². The SMILES string of the molecule is CCc1nn(CC)c(Cn2cnc(C(C)N)n2)c1Cl. The standard InChI is InChI=1S/C12H19ClN6/c1-4-9-11(13)10(19(5-2)16-9)6-18-7-15-12(17-18)8(3)14/h7-8H,4-6,14H2,1-3H3. The second-order valence-corrected chi connectivity index (χ2v) is 4.84. The van der Waals surface area contributed by atoms with E-state index in [0.717, 1.165) is 29.4 Å². The predicted octanol–water partition coefficient (Wildman–Crippen LogP) is 1.78. The van der Waals surface area contributed by atoms with Crippen LogP contribution in [0.1, 0.15) is 44.0 Å². The molecule has 2 N–H and O–H groups in total. The van der Waals surface area contributed by atoms with E-state index in [9.17, 15) is 0 Å². The summed E-state index contributed by atoms with van der Waals surface area (Å²) in [6, 6.07) is -0.168. The zero-order valence-electron chi connectivity index (χ0n) is 11.5. The molecule has 0 aromatic carbocycles. The average molecular weight is 283 g/mol. The third kappa shape index (κ3) is 2.79. The molecule has 104 valence electrons. The molecule has 2 aromatic rings. The lowest BCUT2D eigenvalue weighted by molar-refractivity contribution is 0.567. The monoisotopic (exact) mass is 282 g/mol. The molecule has 0 spiro atoms. The summed E-state index contributed by atoms with van der Waals surface area (Å²) in [6.07, 6.45) is 2.49. The minimum atomic E-state index is -0.168. The van der Waals surface area contributed by atoms with Crippen molar-refractivity contribution < 1.29 is 0 Å². The van der Waals surface area contributed by atoms with Gasteiger partial charge < -0.3 is 5.73 Å². The summed E-state index contributed by atoms with van der Waals surface area (Å²) in [5.41, 5.74) is 7.63. The van der Waals surface area contributed by atoms with E-state index in [0.29, 0.717) is 12.4 Å². The molecular weight excluding hydrogens is 264 g/mol. The number of hydrogen-bond donors (Lipinski definition) is 1. The average Bonchev–Trinajstić information content (AvgIpc) is 2.96. The Morgan fingerprint density at radius 1 is 1.37 bits per heavy atom. The first-order valence-electron chi connectivity index (χ1n) is 6.45. The molecule has 0 aliphatic carbocycles. The largest absolute Gasteiger partial charge is 0.321 e. The first kappa shape index (κ1) is 14.0. The molecule has 0 saturated heterocycles. The Morgan fingerprint density at radius 2 is 2.11 bits per heavy atom. The van der Waals surface area contributed by atoms with Gasteiger partial charge in [-0.15, -0.1) is 0 Å². The number of nitrogens with zero attached hydrogens (tertiary/aromatic N) is 5. The van der Waals surface area contributed by atoms with Gasteiger partial charge in [0.05, 0.1) is 29.0 Å². The van der Waals surface area contributed by atoms with Gasteiger partial charge in [-0.1, -0.05) is 18.5 Å². The highest BCUT2D eigenvalue weighted by molar-refractivity contribution is 6.31. The van der Waals surface area contributed by atoms with E-state index < -0.39 is 0 Å². The van der Waals surface area contributed by atoms with Gasteiger partial charge in [-0.2, -0.15) is 10.2 Å². The molecule has 0 aliphatic heterocycles. The Hall–Kier alpha value is -1.40. The molecule has 0 radical (unpaired) electrons. The van der Waals surface area contributed by atoms with Crippen molar-refractivity contribution in [2.45, 2.75) is 46.3 Å². The summed E-state index contributed by atoms with van der Waals surface area (Å²) in [5, 5.41) is 9.55. The topological polar surface area (TPSA) is 74.5 Å². The summed E-state index contributed by atoms with van der Waals surface area (Å²) < 4.78 is 3.65. The van der Waals surface area contributed by atoms with E-state index >= 15 is 0 Å². The molecule has 0 bridgehead atoms. The predicted molar refractivity (Wildman–Crippen MR) is 74.0 cm³/mol. The van der Waals surface area contributed by atoms with Crippen molar-refractivity contribution in [3.8, 4) is 0 Å². The first-order chi connectivity index (χ1) is 9.06. The molecular formula is C12H19ClN6. The third-order valence-electron chi connectivity index (χ3n) is 2.97. The Bertz CT molecular complexity index is 557. The highest BCUT2D eigenvalue weighted by Gasteiger charge is 2.15. The van der Waals surface area contributed by atoms with Crippen LogP contribution in [-0.2, 0) is 19.5 Å². The lowest BCUT2D eigenvalue weighted by Crippen LogP contribution is -2.11. The van der Waals surface area contributed by atoms with Crippen molar-refractivity contribution in [1.82, 2.24) is 24.5 Å². The van der Waals surface area contributed by atoms with E-state index in [1.165, 1.54) is 0 Å². The number of nitrogens with two attached hydrogens (primary N) is 1. The smallest absolute Gasteiger partial charge is 0.166 e. The van der Waals surface area contributed by atoms with E-state index in [1.54, 1.807) is 11.0 Å². The van der Waals surface area contributed by atoms with Gasteiger partial charge in [-0.3, -0.25) is 4.68 Å². The normalized spacial score (nSPS) is 12.9. The number of aromatic nitrogens is 5. The number of rotatable bonds is 5. The number of halogens is 1. The lowest BCUT2D eigenvalue weighted by atomic mass is 10.3. The van der Waals surface area contributed by atoms with E-state index in [2.05, 4.69) is 15.2 Å². The summed E-state index contributed by atoms with van der Waals surface area (Å²) in [5.74, 6) is 0.634.